The molecule has 2 rings (SSSR count). The quantitative estimate of drug-likeness (QED) is 0.752. The third-order valence-electron chi connectivity index (χ3n) is 2.59. The summed E-state index contributed by atoms with van der Waals surface area (Å²) in [6, 6.07) is 5.75. The number of hydrogen-bond acceptors (Lipinski definition) is 3. The predicted octanol–water partition coefficient (Wildman–Crippen LogP) is 0.121. The van der Waals surface area contributed by atoms with Gasteiger partial charge in [-0.15, -0.1) is 0 Å². The predicted molar refractivity (Wildman–Crippen MR) is 58.7 cm³/mol. The Morgan fingerprint density at radius 1 is 1.40 bits per heavy atom. The van der Waals surface area contributed by atoms with Crippen molar-refractivity contribution in [3.05, 3.63) is 34.9 Å². The maximum atomic E-state index is 11.0. The van der Waals surface area contributed by atoms with Gasteiger partial charge in [-0.3, -0.25) is 0 Å². The zero-order valence-electron chi connectivity index (χ0n) is 8.36. The third kappa shape index (κ3) is 2.56. The number of fused-ring (bicyclic) bond motifs is 1. The Balaban J connectivity index is 2.39. The SMILES string of the molecule is NS(=O)(=O)Cc1cccc2c1CCNC2. The highest BCUT2D eigenvalue weighted by Crippen LogP contribution is 2.19. The first-order chi connectivity index (χ1) is 7.06. The molecule has 0 unspecified atom stereocenters. The molecule has 0 fully saturated rings. The van der Waals surface area contributed by atoms with Crippen LogP contribution in [0.3, 0.4) is 0 Å². The molecule has 5 heteroatoms. The molecule has 0 saturated heterocycles. The van der Waals surface area contributed by atoms with Crippen molar-refractivity contribution < 1.29 is 8.42 Å². The Morgan fingerprint density at radius 2 is 2.20 bits per heavy atom. The highest BCUT2D eigenvalue weighted by molar-refractivity contribution is 7.88. The van der Waals surface area contributed by atoms with Gasteiger partial charge in [0.15, 0.2) is 0 Å². The van der Waals surface area contributed by atoms with Gasteiger partial charge in [0.05, 0.1) is 5.75 Å². The van der Waals surface area contributed by atoms with Crippen LogP contribution in [-0.4, -0.2) is 15.0 Å². The summed E-state index contributed by atoms with van der Waals surface area (Å²) in [6.07, 6.45) is 0.876. The molecule has 82 valence electrons. The minimum atomic E-state index is -3.43. The average molecular weight is 226 g/mol. The van der Waals surface area contributed by atoms with Crippen molar-refractivity contribution >= 4 is 10.0 Å². The van der Waals surface area contributed by atoms with Crippen LogP contribution in [0.4, 0.5) is 0 Å². The molecule has 0 bridgehead atoms. The van der Waals surface area contributed by atoms with Gasteiger partial charge in [-0.1, -0.05) is 18.2 Å². The van der Waals surface area contributed by atoms with Crippen molar-refractivity contribution in [2.24, 2.45) is 5.14 Å². The van der Waals surface area contributed by atoms with Crippen LogP contribution in [0.5, 0.6) is 0 Å². The summed E-state index contributed by atoms with van der Waals surface area (Å²) < 4.78 is 22.1. The molecule has 0 atom stereocenters. The van der Waals surface area contributed by atoms with Crippen LogP contribution < -0.4 is 10.5 Å². The lowest BCUT2D eigenvalue weighted by molar-refractivity contribution is 0.595. The smallest absolute Gasteiger partial charge is 0.213 e. The second kappa shape index (κ2) is 3.92. The molecule has 1 heterocycles. The first kappa shape index (κ1) is 10.6. The summed E-state index contributed by atoms with van der Waals surface area (Å²) >= 11 is 0. The van der Waals surface area contributed by atoms with Crippen LogP contribution in [-0.2, 0) is 28.7 Å². The van der Waals surface area contributed by atoms with Gasteiger partial charge in [0.25, 0.3) is 0 Å². The first-order valence-electron chi connectivity index (χ1n) is 4.87. The van der Waals surface area contributed by atoms with Crippen molar-refractivity contribution in [2.75, 3.05) is 6.54 Å². The van der Waals surface area contributed by atoms with Gasteiger partial charge < -0.3 is 5.32 Å². The Morgan fingerprint density at radius 3 is 2.93 bits per heavy atom. The van der Waals surface area contributed by atoms with Crippen molar-refractivity contribution in [1.82, 2.24) is 5.32 Å². The second-order valence-electron chi connectivity index (χ2n) is 3.79. The Labute approximate surface area is 89.5 Å². The number of primary sulfonamides is 1. The molecule has 0 aromatic heterocycles. The molecule has 0 radical (unpaired) electrons. The second-order valence-corrected chi connectivity index (χ2v) is 5.40. The van der Waals surface area contributed by atoms with E-state index in [9.17, 15) is 8.42 Å². The molecule has 0 saturated carbocycles. The molecule has 1 aliphatic heterocycles. The van der Waals surface area contributed by atoms with E-state index in [0.29, 0.717) is 0 Å². The zero-order chi connectivity index (χ0) is 10.9. The molecule has 15 heavy (non-hydrogen) atoms. The first-order valence-corrected chi connectivity index (χ1v) is 6.58. The molecule has 0 aliphatic carbocycles. The molecule has 3 N–H and O–H groups in total. The normalized spacial score (nSPS) is 16.1. The summed E-state index contributed by atoms with van der Waals surface area (Å²) in [7, 11) is -3.43. The summed E-state index contributed by atoms with van der Waals surface area (Å²) in [5.74, 6) is -0.0594. The van der Waals surface area contributed by atoms with Crippen LogP contribution in [0.2, 0.25) is 0 Å². The van der Waals surface area contributed by atoms with Crippen LogP contribution in [0.15, 0.2) is 18.2 Å². The minimum Gasteiger partial charge on any atom is -0.312 e. The molecular weight excluding hydrogens is 212 g/mol. The largest absolute Gasteiger partial charge is 0.312 e. The van der Waals surface area contributed by atoms with E-state index < -0.39 is 10.0 Å². The Bertz CT molecular complexity index is 468. The van der Waals surface area contributed by atoms with E-state index in [0.717, 1.165) is 30.6 Å². The fraction of sp³-hybridized carbons (Fsp3) is 0.400. The fourth-order valence-electron chi connectivity index (χ4n) is 1.96. The molecular formula is C10H14N2O2S. The van der Waals surface area contributed by atoms with Gasteiger partial charge >= 0.3 is 0 Å². The number of hydrogen-bond donors (Lipinski definition) is 2. The van der Waals surface area contributed by atoms with E-state index in [4.69, 9.17) is 5.14 Å². The maximum absolute atomic E-state index is 11.0. The summed E-state index contributed by atoms with van der Waals surface area (Å²) in [6.45, 7) is 1.71. The van der Waals surface area contributed by atoms with Crippen molar-refractivity contribution in [2.45, 2.75) is 18.7 Å². The molecule has 1 aromatic carbocycles. The zero-order valence-corrected chi connectivity index (χ0v) is 9.18. The van der Waals surface area contributed by atoms with Crippen LogP contribution >= 0.6 is 0 Å². The monoisotopic (exact) mass is 226 g/mol. The Hall–Kier alpha value is -0.910. The van der Waals surface area contributed by atoms with E-state index in [-0.39, 0.29) is 5.75 Å². The summed E-state index contributed by atoms with van der Waals surface area (Å²) in [5.41, 5.74) is 3.17. The fourth-order valence-corrected chi connectivity index (χ4v) is 2.67. The van der Waals surface area contributed by atoms with Gasteiger partial charge in [-0.2, -0.15) is 0 Å². The van der Waals surface area contributed by atoms with Crippen LogP contribution in [0.25, 0.3) is 0 Å². The molecule has 1 aromatic rings. The third-order valence-corrected chi connectivity index (χ3v) is 3.31. The number of benzene rings is 1. The van der Waals surface area contributed by atoms with E-state index in [1.54, 1.807) is 0 Å². The van der Waals surface area contributed by atoms with E-state index in [1.807, 2.05) is 18.2 Å². The van der Waals surface area contributed by atoms with Crippen LogP contribution in [0.1, 0.15) is 16.7 Å². The molecule has 4 nitrogen and oxygen atoms in total. The maximum Gasteiger partial charge on any atom is 0.213 e. The topological polar surface area (TPSA) is 72.2 Å². The minimum absolute atomic E-state index is 0.0594. The lowest BCUT2D eigenvalue weighted by atomic mass is 9.96. The van der Waals surface area contributed by atoms with Crippen LogP contribution in [0, 0.1) is 0 Å². The van der Waals surface area contributed by atoms with Gasteiger partial charge in [0, 0.05) is 6.54 Å². The number of nitrogens with one attached hydrogen (secondary N) is 1. The van der Waals surface area contributed by atoms with Crippen molar-refractivity contribution in [3.8, 4) is 0 Å². The molecule has 0 amide bonds. The standard InChI is InChI=1S/C10H14N2O2S/c11-15(13,14)7-9-3-1-2-8-6-12-5-4-10(8)9/h1-3,12H,4-7H2,(H2,11,13,14). The summed E-state index contributed by atoms with van der Waals surface area (Å²) in [4.78, 5) is 0. The highest BCUT2D eigenvalue weighted by atomic mass is 32.2. The number of sulfonamides is 1. The van der Waals surface area contributed by atoms with E-state index in [1.165, 1.54) is 5.56 Å². The Kier molecular flexibility index (Phi) is 2.77. The van der Waals surface area contributed by atoms with E-state index >= 15 is 0 Å². The van der Waals surface area contributed by atoms with Gasteiger partial charge in [0.1, 0.15) is 0 Å². The molecule has 0 spiro atoms. The van der Waals surface area contributed by atoms with Crippen molar-refractivity contribution in [1.29, 1.82) is 0 Å². The highest BCUT2D eigenvalue weighted by Gasteiger charge is 2.15. The van der Waals surface area contributed by atoms with Gasteiger partial charge in [-0.05, 0) is 29.7 Å². The number of rotatable bonds is 2. The average Bonchev–Trinajstić information content (AvgIpc) is 2.16. The number of nitrogens with two attached hydrogens (primary N) is 1. The van der Waals surface area contributed by atoms with E-state index in [2.05, 4.69) is 5.32 Å². The lowest BCUT2D eigenvalue weighted by Gasteiger charge is -2.19. The summed E-state index contributed by atoms with van der Waals surface area (Å²) in [5, 5.41) is 8.31. The van der Waals surface area contributed by atoms with Crippen molar-refractivity contribution in [3.63, 3.8) is 0 Å². The van der Waals surface area contributed by atoms with Gasteiger partial charge in [-0.25, -0.2) is 13.6 Å². The van der Waals surface area contributed by atoms with Gasteiger partial charge in [0.2, 0.25) is 10.0 Å². The lowest BCUT2D eigenvalue weighted by Crippen LogP contribution is -2.25. The molecule has 1 aliphatic rings.